The van der Waals surface area contributed by atoms with Crippen molar-refractivity contribution in [1.82, 2.24) is 14.3 Å². The first-order valence-electron chi connectivity index (χ1n) is 14.1. The van der Waals surface area contributed by atoms with Crippen LogP contribution in [0.1, 0.15) is 33.9 Å². The van der Waals surface area contributed by atoms with E-state index in [4.69, 9.17) is 19.3 Å². The summed E-state index contributed by atoms with van der Waals surface area (Å²) < 4.78 is 21.9. The molecule has 41 heavy (non-hydrogen) atoms. The fourth-order valence-electron chi connectivity index (χ4n) is 6.20. The molecule has 2 aliphatic heterocycles. The van der Waals surface area contributed by atoms with Crippen molar-refractivity contribution in [3.63, 3.8) is 0 Å². The Balaban J connectivity index is 1.29. The monoisotopic (exact) mass is 549 g/mol. The molecular weight excluding hydrogens is 518 g/mol. The van der Waals surface area contributed by atoms with Crippen molar-refractivity contribution in [2.75, 3.05) is 19.8 Å². The van der Waals surface area contributed by atoms with Gasteiger partial charge in [0.15, 0.2) is 0 Å². The standard InChI is InChI=1S/C33H31N3O5/c37-33(38)32-25(13-7-18-41-29-14-5-9-22-8-1-2-10-23(22)29)24-11-6-12-26-30-27(34-36-16-19-40-21-28(30)36)20-39-17-4-3-15-35(32)31(24)26/h1-6,8-12,14H,7,13,15-21H2,(H,37,38)/b4-3-. The van der Waals surface area contributed by atoms with Crippen LogP contribution >= 0.6 is 0 Å². The van der Waals surface area contributed by atoms with Gasteiger partial charge in [0.2, 0.25) is 0 Å². The SMILES string of the molecule is O=C(O)c1c(CCCOc2cccc3ccccc23)c2cccc3c2n1C/C=C\COCc1nn2c(c1-3)COCC2. The molecule has 0 amide bonds. The van der Waals surface area contributed by atoms with Gasteiger partial charge in [0.1, 0.15) is 11.4 Å². The topological polar surface area (TPSA) is 87.7 Å². The molecule has 2 aromatic heterocycles. The third-order valence-electron chi connectivity index (χ3n) is 7.96. The van der Waals surface area contributed by atoms with E-state index in [0.29, 0.717) is 64.7 Å². The third-order valence-corrected chi connectivity index (χ3v) is 7.96. The van der Waals surface area contributed by atoms with E-state index in [1.165, 1.54) is 0 Å². The first kappa shape index (κ1) is 25.6. The van der Waals surface area contributed by atoms with Crippen LogP contribution in [0, 0.1) is 0 Å². The number of rotatable bonds is 6. The number of fused-ring (bicyclic) bond motifs is 5. The summed E-state index contributed by atoms with van der Waals surface area (Å²) in [4.78, 5) is 12.8. The van der Waals surface area contributed by atoms with Crippen LogP contribution in [-0.4, -0.2) is 45.2 Å². The molecule has 0 unspecified atom stereocenters. The summed E-state index contributed by atoms with van der Waals surface area (Å²) in [7, 11) is 0. The number of hydrogen-bond donors (Lipinski definition) is 1. The van der Waals surface area contributed by atoms with Gasteiger partial charge in [-0.3, -0.25) is 4.68 Å². The Bertz CT molecular complexity index is 1790. The van der Waals surface area contributed by atoms with E-state index in [1.807, 2.05) is 57.8 Å². The van der Waals surface area contributed by atoms with Gasteiger partial charge < -0.3 is 23.9 Å². The number of aromatic nitrogens is 3. The Labute approximate surface area is 237 Å². The van der Waals surface area contributed by atoms with E-state index in [0.717, 1.165) is 55.5 Å². The second kappa shape index (κ2) is 10.9. The number of allylic oxidation sites excluding steroid dienone is 1. The summed E-state index contributed by atoms with van der Waals surface area (Å²) in [6.45, 7) is 3.48. The van der Waals surface area contributed by atoms with E-state index in [2.05, 4.69) is 24.3 Å². The maximum absolute atomic E-state index is 12.8. The molecule has 0 spiro atoms. The van der Waals surface area contributed by atoms with Crippen molar-refractivity contribution < 1.29 is 24.1 Å². The molecule has 0 atom stereocenters. The highest BCUT2D eigenvalue weighted by atomic mass is 16.5. The second-order valence-corrected chi connectivity index (χ2v) is 10.4. The normalized spacial score (nSPS) is 15.7. The smallest absolute Gasteiger partial charge is 0.352 e. The Kier molecular flexibility index (Phi) is 6.78. The van der Waals surface area contributed by atoms with Gasteiger partial charge in [0, 0.05) is 28.4 Å². The number of aromatic carboxylic acids is 1. The van der Waals surface area contributed by atoms with Gasteiger partial charge in [0.25, 0.3) is 0 Å². The maximum Gasteiger partial charge on any atom is 0.352 e. The van der Waals surface area contributed by atoms with Crippen LogP contribution in [0.4, 0.5) is 0 Å². The van der Waals surface area contributed by atoms with Crippen molar-refractivity contribution in [3.8, 4) is 16.9 Å². The van der Waals surface area contributed by atoms with Crippen LogP contribution < -0.4 is 4.74 Å². The van der Waals surface area contributed by atoms with E-state index < -0.39 is 5.97 Å². The van der Waals surface area contributed by atoms with Gasteiger partial charge in [-0.1, -0.05) is 66.7 Å². The molecule has 2 aliphatic rings. The van der Waals surface area contributed by atoms with Crippen molar-refractivity contribution in [3.05, 3.63) is 95.5 Å². The molecular formula is C33H31N3O5. The lowest BCUT2D eigenvalue weighted by molar-refractivity contribution is 0.0684. The quantitative estimate of drug-likeness (QED) is 0.207. The molecule has 0 fully saturated rings. The average molecular weight is 550 g/mol. The maximum atomic E-state index is 12.8. The van der Waals surface area contributed by atoms with Crippen LogP contribution in [-0.2, 0) is 42.2 Å². The summed E-state index contributed by atoms with van der Waals surface area (Å²) in [5.74, 6) is -0.0916. The fraction of sp³-hybridized carbons (Fsp3) is 0.273. The molecule has 7 rings (SSSR count). The Morgan fingerprint density at radius 2 is 1.83 bits per heavy atom. The zero-order chi connectivity index (χ0) is 27.8. The summed E-state index contributed by atoms with van der Waals surface area (Å²) in [5.41, 5.74) is 5.86. The molecule has 1 N–H and O–H groups in total. The van der Waals surface area contributed by atoms with Crippen LogP contribution in [0.2, 0.25) is 0 Å². The Morgan fingerprint density at radius 1 is 0.976 bits per heavy atom. The minimum atomic E-state index is -0.933. The number of carbonyl (C=O) groups is 1. The highest BCUT2D eigenvalue weighted by Crippen LogP contribution is 2.39. The first-order valence-corrected chi connectivity index (χ1v) is 14.1. The van der Waals surface area contributed by atoms with Crippen molar-refractivity contribution in [2.24, 2.45) is 0 Å². The number of benzene rings is 3. The zero-order valence-electron chi connectivity index (χ0n) is 22.7. The van der Waals surface area contributed by atoms with Gasteiger partial charge in [0.05, 0.1) is 56.5 Å². The third kappa shape index (κ3) is 4.59. The van der Waals surface area contributed by atoms with Crippen molar-refractivity contribution in [2.45, 2.75) is 39.1 Å². The lowest BCUT2D eigenvalue weighted by Crippen LogP contribution is -2.17. The zero-order valence-corrected chi connectivity index (χ0v) is 22.7. The van der Waals surface area contributed by atoms with Crippen LogP contribution in [0.5, 0.6) is 5.75 Å². The number of para-hydroxylation sites is 1. The molecule has 0 radical (unpaired) electrons. The molecule has 0 bridgehead atoms. The highest BCUT2D eigenvalue weighted by molar-refractivity contribution is 6.04. The molecule has 4 heterocycles. The van der Waals surface area contributed by atoms with Crippen LogP contribution in [0.3, 0.4) is 0 Å². The molecule has 5 aromatic rings. The fourth-order valence-corrected chi connectivity index (χ4v) is 6.20. The lowest BCUT2D eigenvalue weighted by Gasteiger charge is -2.16. The average Bonchev–Trinajstić information content (AvgIpc) is 3.51. The molecule has 0 saturated heterocycles. The summed E-state index contributed by atoms with van der Waals surface area (Å²) in [6, 6.07) is 20.3. The Hall–Kier alpha value is -4.40. The van der Waals surface area contributed by atoms with E-state index >= 15 is 0 Å². The van der Waals surface area contributed by atoms with Gasteiger partial charge in [-0.25, -0.2) is 4.79 Å². The van der Waals surface area contributed by atoms with Crippen molar-refractivity contribution >= 4 is 27.6 Å². The molecule has 0 saturated carbocycles. The number of aryl methyl sites for hydroxylation is 1. The summed E-state index contributed by atoms with van der Waals surface area (Å²) in [6.07, 6.45) is 5.18. The minimum Gasteiger partial charge on any atom is -0.493 e. The molecule has 8 nitrogen and oxygen atoms in total. The van der Waals surface area contributed by atoms with Crippen LogP contribution in [0.15, 0.2) is 72.8 Å². The largest absolute Gasteiger partial charge is 0.493 e. The molecule has 208 valence electrons. The second-order valence-electron chi connectivity index (χ2n) is 10.4. The van der Waals surface area contributed by atoms with E-state index in [9.17, 15) is 9.90 Å². The highest BCUT2D eigenvalue weighted by Gasteiger charge is 2.28. The number of carboxylic acid groups (broad SMARTS) is 1. The minimum absolute atomic E-state index is 0.321. The van der Waals surface area contributed by atoms with Gasteiger partial charge in [-0.05, 0) is 29.9 Å². The lowest BCUT2D eigenvalue weighted by atomic mass is 9.98. The van der Waals surface area contributed by atoms with Crippen LogP contribution in [0.25, 0.3) is 32.8 Å². The summed E-state index contributed by atoms with van der Waals surface area (Å²) >= 11 is 0. The predicted molar refractivity (Wildman–Crippen MR) is 156 cm³/mol. The Morgan fingerprint density at radius 3 is 2.76 bits per heavy atom. The number of nitrogens with zero attached hydrogens (tertiary/aromatic N) is 3. The van der Waals surface area contributed by atoms with Gasteiger partial charge >= 0.3 is 5.97 Å². The van der Waals surface area contributed by atoms with Gasteiger partial charge in [-0.2, -0.15) is 5.10 Å². The number of carboxylic acids is 1. The predicted octanol–water partition coefficient (Wildman–Crippen LogP) is 5.98. The molecule has 8 heteroatoms. The number of ether oxygens (including phenoxy) is 3. The van der Waals surface area contributed by atoms with E-state index in [1.54, 1.807) is 0 Å². The molecule has 3 aromatic carbocycles. The van der Waals surface area contributed by atoms with E-state index in [-0.39, 0.29) is 0 Å². The molecule has 0 aliphatic carbocycles. The first-order chi connectivity index (χ1) is 20.2. The summed E-state index contributed by atoms with van der Waals surface area (Å²) in [5, 5.41) is 18.5. The van der Waals surface area contributed by atoms with Crippen molar-refractivity contribution in [1.29, 1.82) is 0 Å². The van der Waals surface area contributed by atoms with Gasteiger partial charge in [-0.15, -0.1) is 0 Å². The number of hydrogen-bond acceptors (Lipinski definition) is 5.